The number of benzene rings is 3. The summed E-state index contributed by atoms with van der Waals surface area (Å²) in [6, 6.07) is 19.3. The number of carbonyl (C=O) groups excluding carboxylic acids is 1. The van der Waals surface area contributed by atoms with Crippen molar-refractivity contribution in [3.8, 4) is 0 Å². The van der Waals surface area contributed by atoms with Crippen LogP contribution in [0.5, 0.6) is 0 Å². The maximum absolute atomic E-state index is 12.7. The van der Waals surface area contributed by atoms with Crippen molar-refractivity contribution in [1.29, 1.82) is 0 Å². The van der Waals surface area contributed by atoms with Crippen LogP contribution in [0.15, 0.2) is 78.0 Å². The van der Waals surface area contributed by atoms with E-state index in [2.05, 4.69) is 31.1 Å². The predicted octanol–water partition coefficient (Wildman–Crippen LogP) is 2.58. The van der Waals surface area contributed by atoms with Crippen LogP contribution >= 0.6 is 0 Å². The van der Waals surface area contributed by atoms with E-state index in [0.29, 0.717) is 5.56 Å². The van der Waals surface area contributed by atoms with Gasteiger partial charge >= 0.3 is 0 Å². The molecule has 1 heterocycles. The number of nitrogen functional groups attached to an aromatic ring is 1. The van der Waals surface area contributed by atoms with Gasteiger partial charge in [-0.3, -0.25) is 21.1 Å². The van der Waals surface area contributed by atoms with E-state index in [-0.39, 0.29) is 28.1 Å². The van der Waals surface area contributed by atoms with Gasteiger partial charge in [0.05, 0.1) is 4.90 Å². The average Bonchev–Trinajstić information content (AvgIpc) is 2.82. The summed E-state index contributed by atoms with van der Waals surface area (Å²) in [7, 11) is -3.85. The monoisotopic (exact) mass is 463 g/mol. The molecule has 0 saturated carbocycles. The number of sulfonamides is 1. The highest BCUT2D eigenvalue weighted by atomic mass is 32.2. The van der Waals surface area contributed by atoms with Gasteiger partial charge in [-0.05, 0) is 35.9 Å². The minimum absolute atomic E-state index is 0.00215. The predicted molar refractivity (Wildman–Crippen MR) is 127 cm³/mol. The van der Waals surface area contributed by atoms with Gasteiger partial charge in [-0.15, -0.1) is 4.83 Å². The molecule has 4 rings (SSSR count). The molecule has 11 heteroatoms. The zero-order valence-electron chi connectivity index (χ0n) is 17.5. The first-order valence-corrected chi connectivity index (χ1v) is 11.3. The number of carbonyl (C=O) groups is 1. The Morgan fingerprint density at radius 3 is 2.30 bits per heavy atom. The normalized spacial score (nSPS) is 11.2. The van der Waals surface area contributed by atoms with Crippen molar-refractivity contribution in [1.82, 2.24) is 20.2 Å². The summed E-state index contributed by atoms with van der Waals surface area (Å²) < 4.78 is 24.9. The second-order valence-electron chi connectivity index (χ2n) is 7.13. The van der Waals surface area contributed by atoms with Crippen molar-refractivity contribution < 1.29 is 13.2 Å². The number of hydrogen-bond donors (Lipinski definition) is 5. The van der Waals surface area contributed by atoms with Crippen LogP contribution in [0.1, 0.15) is 15.9 Å². The molecule has 10 nitrogen and oxygen atoms in total. The third-order valence-corrected chi connectivity index (χ3v) is 6.11. The number of nitrogens with two attached hydrogens (primary N) is 1. The molecule has 0 aliphatic carbocycles. The fraction of sp³-hybridized carbons (Fsp3) is 0.0455. The fourth-order valence-electron chi connectivity index (χ4n) is 3.09. The molecule has 3 aromatic carbocycles. The molecule has 0 unspecified atom stereocenters. The molecule has 4 aromatic rings. The number of hydrogen-bond acceptors (Lipinski definition) is 8. The summed E-state index contributed by atoms with van der Waals surface area (Å²) >= 11 is 0. The lowest BCUT2D eigenvalue weighted by atomic mass is 10.0. The maximum Gasteiger partial charge on any atom is 0.270 e. The van der Waals surface area contributed by atoms with Crippen molar-refractivity contribution >= 4 is 44.0 Å². The Morgan fingerprint density at radius 1 is 0.879 bits per heavy atom. The summed E-state index contributed by atoms with van der Waals surface area (Å²) in [5, 5.41) is 1.72. The molecule has 0 spiro atoms. The number of fused-ring (bicyclic) bond motifs is 1. The Morgan fingerprint density at radius 2 is 1.55 bits per heavy atom. The molecule has 6 N–H and O–H groups in total. The molecular formula is C22H21N7O3S. The van der Waals surface area contributed by atoms with Crippen molar-refractivity contribution in [2.45, 2.75) is 11.8 Å². The number of amides is 1. The molecule has 0 fully saturated rings. The lowest BCUT2D eigenvalue weighted by Crippen LogP contribution is -2.32. The zero-order valence-corrected chi connectivity index (χ0v) is 18.3. The van der Waals surface area contributed by atoms with E-state index in [4.69, 9.17) is 5.73 Å². The third kappa shape index (κ3) is 4.84. The Bertz CT molecular complexity index is 1420. The van der Waals surface area contributed by atoms with Gasteiger partial charge in [-0.1, -0.05) is 54.1 Å². The van der Waals surface area contributed by atoms with E-state index in [1.807, 2.05) is 37.3 Å². The van der Waals surface area contributed by atoms with Crippen LogP contribution in [0.25, 0.3) is 10.8 Å². The van der Waals surface area contributed by atoms with Crippen molar-refractivity contribution in [3.05, 3.63) is 84.2 Å². The number of nitrogens with zero attached hydrogens (tertiary/aromatic N) is 2. The standard InChI is InChI=1S/C22H21N7O3S/c1-14-9-11-16(12-10-14)33(31,32)29-27-21-19(23)20(24-13-25-21)26-28-22(30)18-8-4-6-15-5-2-3-7-17(15)18/h2-13,29H,23H2,1H3,(H,28,30)(H2,24,25,26,27). The molecule has 168 valence electrons. The maximum atomic E-state index is 12.7. The van der Waals surface area contributed by atoms with Gasteiger partial charge in [0.25, 0.3) is 15.9 Å². The van der Waals surface area contributed by atoms with E-state index in [9.17, 15) is 13.2 Å². The Labute approximate surface area is 190 Å². The zero-order chi connectivity index (χ0) is 23.4. The van der Waals surface area contributed by atoms with Gasteiger partial charge < -0.3 is 5.73 Å². The van der Waals surface area contributed by atoms with Gasteiger partial charge in [0, 0.05) is 5.56 Å². The number of aryl methyl sites for hydroxylation is 1. The minimum atomic E-state index is -3.85. The quantitative estimate of drug-likeness (QED) is 0.262. The van der Waals surface area contributed by atoms with Crippen molar-refractivity contribution in [3.63, 3.8) is 0 Å². The highest BCUT2D eigenvalue weighted by Gasteiger charge is 2.16. The molecule has 33 heavy (non-hydrogen) atoms. The Kier molecular flexibility index (Phi) is 6.07. The van der Waals surface area contributed by atoms with Gasteiger partial charge in [0.15, 0.2) is 11.6 Å². The SMILES string of the molecule is Cc1ccc(S(=O)(=O)NNc2ncnc(NNC(=O)c3cccc4ccccc34)c2N)cc1. The van der Waals surface area contributed by atoms with E-state index >= 15 is 0 Å². The van der Waals surface area contributed by atoms with E-state index in [1.165, 1.54) is 18.5 Å². The lowest BCUT2D eigenvalue weighted by Gasteiger charge is -2.14. The van der Waals surface area contributed by atoms with E-state index in [1.54, 1.807) is 24.3 Å². The number of hydrazine groups is 2. The smallest absolute Gasteiger partial charge is 0.270 e. The fourth-order valence-corrected chi connectivity index (χ4v) is 3.94. The second-order valence-corrected chi connectivity index (χ2v) is 8.82. The number of rotatable bonds is 7. The second kappa shape index (κ2) is 9.10. The Balaban J connectivity index is 1.46. The van der Waals surface area contributed by atoms with Crippen LogP contribution in [0, 0.1) is 6.92 Å². The highest BCUT2D eigenvalue weighted by molar-refractivity contribution is 7.89. The molecule has 0 atom stereocenters. The molecule has 0 radical (unpaired) electrons. The Hall–Kier alpha value is -4.22. The summed E-state index contributed by atoms with van der Waals surface area (Å²) in [6.07, 6.45) is 1.17. The van der Waals surface area contributed by atoms with Gasteiger partial charge in [-0.25, -0.2) is 18.4 Å². The molecule has 0 aliphatic rings. The number of nitrogens with one attached hydrogen (secondary N) is 4. The van der Waals surface area contributed by atoms with Crippen molar-refractivity contribution in [2.75, 3.05) is 16.6 Å². The summed E-state index contributed by atoms with van der Waals surface area (Å²) in [5.74, 6) is -0.280. The lowest BCUT2D eigenvalue weighted by molar-refractivity contribution is 0.0964. The first kappa shape index (κ1) is 22.0. The minimum Gasteiger partial charge on any atom is -0.393 e. The topological polar surface area (TPSA) is 151 Å². The van der Waals surface area contributed by atoms with E-state index in [0.717, 1.165) is 16.3 Å². The molecule has 0 saturated heterocycles. The average molecular weight is 464 g/mol. The molecule has 0 bridgehead atoms. The first-order valence-electron chi connectivity index (χ1n) is 9.84. The first-order chi connectivity index (χ1) is 15.8. The molecule has 1 amide bonds. The van der Waals surface area contributed by atoms with Gasteiger partial charge in [0.1, 0.15) is 12.0 Å². The largest absolute Gasteiger partial charge is 0.393 e. The summed E-state index contributed by atoms with van der Waals surface area (Å²) in [5.41, 5.74) is 15.2. The van der Waals surface area contributed by atoms with Crippen LogP contribution in [0.2, 0.25) is 0 Å². The van der Waals surface area contributed by atoms with Crippen LogP contribution in [-0.4, -0.2) is 24.3 Å². The highest BCUT2D eigenvalue weighted by Crippen LogP contribution is 2.22. The van der Waals surface area contributed by atoms with Gasteiger partial charge in [-0.2, -0.15) is 0 Å². The third-order valence-electron chi connectivity index (χ3n) is 4.85. The summed E-state index contributed by atoms with van der Waals surface area (Å²) in [4.78, 5) is 23.0. The molecular weight excluding hydrogens is 442 g/mol. The van der Waals surface area contributed by atoms with Gasteiger partial charge in [0.2, 0.25) is 0 Å². The van der Waals surface area contributed by atoms with E-state index < -0.39 is 10.0 Å². The molecule has 1 aromatic heterocycles. The molecule has 0 aliphatic heterocycles. The number of anilines is 3. The number of aromatic nitrogens is 2. The van der Waals surface area contributed by atoms with Crippen LogP contribution < -0.4 is 26.8 Å². The van der Waals surface area contributed by atoms with Crippen molar-refractivity contribution in [2.24, 2.45) is 0 Å². The van der Waals surface area contributed by atoms with Crippen LogP contribution in [0.4, 0.5) is 17.3 Å². The van der Waals surface area contributed by atoms with Crippen LogP contribution in [-0.2, 0) is 10.0 Å². The summed E-state index contributed by atoms with van der Waals surface area (Å²) in [6.45, 7) is 1.86. The van der Waals surface area contributed by atoms with Crippen LogP contribution in [0.3, 0.4) is 0 Å².